The van der Waals surface area contributed by atoms with E-state index in [1.54, 1.807) is 0 Å². The molecule has 0 spiro atoms. The molecule has 0 heteroatoms. The lowest BCUT2D eigenvalue weighted by molar-refractivity contribution is 1.05. The quantitative estimate of drug-likeness (QED) is 0.188. The van der Waals surface area contributed by atoms with Crippen molar-refractivity contribution < 1.29 is 0 Å². The van der Waals surface area contributed by atoms with Crippen LogP contribution in [0.1, 0.15) is 24.0 Å². The topological polar surface area (TPSA) is 0 Å². The van der Waals surface area contributed by atoms with Crippen LogP contribution in [0.15, 0.2) is 158 Å². The fraction of sp³-hybridized carbons (Fsp3) is 0.0417. The van der Waals surface area contributed by atoms with Crippen LogP contribution in [0.5, 0.6) is 0 Å². The predicted octanol–water partition coefficient (Wildman–Crippen LogP) is 13.4. The van der Waals surface area contributed by atoms with Gasteiger partial charge in [-0.1, -0.05) is 158 Å². The molecule has 0 atom stereocenters. The van der Waals surface area contributed by atoms with E-state index in [2.05, 4.69) is 158 Å². The standard InChI is InChI=1S/C48H30/c1-3-13-29(14-4-1)43-38-19-9-10-20-39(38)44(30-15-5-2-6-16-30)48-42-28-26-34(37-23-12-24-41(46(37)42)47(43)48)33-25-27-40-32-18-8-7-17-31(32)35-21-11-22-36(33)45(35)40/h1-6,9-28H,7-8H2. The van der Waals surface area contributed by atoms with Crippen molar-refractivity contribution in [2.75, 3.05) is 0 Å². The van der Waals surface area contributed by atoms with Crippen molar-refractivity contribution in [3.05, 3.63) is 169 Å². The van der Waals surface area contributed by atoms with Gasteiger partial charge in [-0.05, 0) is 123 Å². The summed E-state index contributed by atoms with van der Waals surface area (Å²) >= 11 is 0. The van der Waals surface area contributed by atoms with Crippen LogP contribution in [0.3, 0.4) is 0 Å². The van der Waals surface area contributed by atoms with Crippen molar-refractivity contribution in [2.45, 2.75) is 12.8 Å². The highest BCUT2D eigenvalue weighted by Gasteiger charge is 2.32. The molecule has 0 aliphatic heterocycles. The average molecular weight is 607 g/mol. The third-order valence-electron chi connectivity index (χ3n) is 11.0. The lowest BCUT2D eigenvalue weighted by Gasteiger charge is -2.20. The van der Waals surface area contributed by atoms with Crippen molar-refractivity contribution in [3.8, 4) is 55.6 Å². The normalized spacial score (nSPS) is 13.9. The van der Waals surface area contributed by atoms with E-state index in [1.165, 1.54) is 110 Å². The van der Waals surface area contributed by atoms with E-state index in [9.17, 15) is 0 Å². The predicted molar refractivity (Wildman–Crippen MR) is 205 cm³/mol. The van der Waals surface area contributed by atoms with E-state index < -0.39 is 0 Å². The minimum Gasteiger partial charge on any atom is -0.0757 e. The molecule has 222 valence electrons. The van der Waals surface area contributed by atoms with E-state index in [-0.39, 0.29) is 0 Å². The lowest BCUT2D eigenvalue weighted by atomic mass is 9.82. The number of allylic oxidation sites excluding steroid dienone is 4. The van der Waals surface area contributed by atoms with Crippen LogP contribution in [-0.4, -0.2) is 0 Å². The van der Waals surface area contributed by atoms with Gasteiger partial charge in [0.05, 0.1) is 0 Å². The van der Waals surface area contributed by atoms with E-state index in [0.717, 1.165) is 12.8 Å². The van der Waals surface area contributed by atoms with Gasteiger partial charge in [0.25, 0.3) is 0 Å². The Morgan fingerprint density at radius 1 is 0.271 bits per heavy atom. The molecule has 0 amide bonds. The third-order valence-corrected chi connectivity index (χ3v) is 11.0. The van der Waals surface area contributed by atoms with E-state index in [4.69, 9.17) is 0 Å². The summed E-state index contributed by atoms with van der Waals surface area (Å²) in [5, 5.41) is 8.02. The molecule has 0 N–H and O–H groups in total. The zero-order valence-corrected chi connectivity index (χ0v) is 26.4. The van der Waals surface area contributed by atoms with Crippen LogP contribution in [0, 0.1) is 0 Å². The molecule has 0 saturated carbocycles. The zero-order chi connectivity index (χ0) is 31.3. The molecule has 3 aliphatic rings. The largest absolute Gasteiger partial charge is 0.0757 e. The maximum absolute atomic E-state index is 2.44. The molecule has 8 aromatic rings. The first-order chi connectivity index (χ1) is 23.9. The molecule has 3 aliphatic carbocycles. The van der Waals surface area contributed by atoms with Gasteiger partial charge < -0.3 is 0 Å². The summed E-state index contributed by atoms with van der Waals surface area (Å²) in [5.74, 6) is 0. The second-order valence-corrected chi connectivity index (χ2v) is 13.4. The highest BCUT2D eigenvalue weighted by Crippen LogP contribution is 2.59. The van der Waals surface area contributed by atoms with Gasteiger partial charge in [-0.3, -0.25) is 0 Å². The maximum atomic E-state index is 2.44. The smallest absolute Gasteiger partial charge is 0.000741 e. The number of fused-ring (bicyclic) bond motifs is 7. The molecule has 8 aromatic carbocycles. The summed E-state index contributed by atoms with van der Waals surface area (Å²) < 4.78 is 0. The van der Waals surface area contributed by atoms with E-state index >= 15 is 0 Å². The van der Waals surface area contributed by atoms with Crippen molar-refractivity contribution in [3.63, 3.8) is 0 Å². The second-order valence-electron chi connectivity index (χ2n) is 13.4. The number of rotatable bonds is 3. The van der Waals surface area contributed by atoms with Crippen molar-refractivity contribution >= 4 is 43.5 Å². The highest BCUT2D eigenvalue weighted by molar-refractivity contribution is 6.30. The van der Waals surface area contributed by atoms with Gasteiger partial charge in [-0.2, -0.15) is 0 Å². The number of benzene rings is 8. The molecule has 0 nitrogen and oxygen atoms in total. The summed E-state index contributed by atoms with van der Waals surface area (Å²) in [6, 6.07) is 54.4. The molecular weight excluding hydrogens is 577 g/mol. The fourth-order valence-corrected chi connectivity index (χ4v) is 9.12. The average Bonchev–Trinajstić information content (AvgIpc) is 3.66. The molecule has 0 fully saturated rings. The summed E-state index contributed by atoms with van der Waals surface area (Å²) in [6.07, 6.45) is 7.13. The van der Waals surface area contributed by atoms with Crippen LogP contribution in [0.4, 0.5) is 0 Å². The van der Waals surface area contributed by atoms with Gasteiger partial charge in [0.1, 0.15) is 0 Å². The Labute approximate surface area is 279 Å². The summed E-state index contributed by atoms with van der Waals surface area (Å²) in [6.45, 7) is 0. The Balaban J connectivity index is 1.26. The minimum atomic E-state index is 1.12. The molecule has 11 rings (SSSR count). The third kappa shape index (κ3) is 3.39. The number of hydrogen-bond donors (Lipinski definition) is 0. The minimum absolute atomic E-state index is 1.12. The first-order valence-electron chi connectivity index (χ1n) is 17.1. The summed E-state index contributed by atoms with van der Waals surface area (Å²) in [7, 11) is 0. The SMILES string of the molecule is C1=C2C(=CCC1)c1ccc(-c3ccc4c5c(cccc35)-c3c-4c(-c4ccccc4)c4ccccc4c3-c3ccccc3)c3cccc2c13. The van der Waals surface area contributed by atoms with Crippen molar-refractivity contribution in [1.29, 1.82) is 0 Å². The first-order valence-corrected chi connectivity index (χ1v) is 17.1. The van der Waals surface area contributed by atoms with E-state index in [0.29, 0.717) is 0 Å². The van der Waals surface area contributed by atoms with Gasteiger partial charge in [0.15, 0.2) is 0 Å². The molecule has 48 heavy (non-hydrogen) atoms. The molecular formula is C48H30. The van der Waals surface area contributed by atoms with Crippen LogP contribution < -0.4 is 0 Å². The van der Waals surface area contributed by atoms with Crippen LogP contribution >= 0.6 is 0 Å². The zero-order valence-electron chi connectivity index (χ0n) is 26.4. The molecule has 0 heterocycles. The Kier molecular flexibility index (Phi) is 5.32. The maximum Gasteiger partial charge on any atom is -0.000741 e. The lowest BCUT2D eigenvalue weighted by Crippen LogP contribution is -1.93. The molecule has 0 saturated heterocycles. The van der Waals surface area contributed by atoms with Gasteiger partial charge in [-0.15, -0.1) is 0 Å². The molecule has 0 aromatic heterocycles. The first kappa shape index (κ1) is 26.1. The second kappa shape index (κ2) is 9.77. The van der Waals surface area contributed by atoms with Gasteiger partial charge in [0.2, 0.25) is 0 Å². The monoisotopic (exact) mass is 606 g/mol. The van der Waals surface area contributed by atoms with Crippen LogP contribution in [0.25, 0.3) is 99.1 Å². The Hall–Kier alpha value is -5.98. The van der Waals surface area contributed by atoms with Crippen LogP contribution in [-0.2, 0) is 0 Å². The van der Waals surface area contributed by atoms with Gasteiger partial charge >= 0.3 is 0 Å². The molecule has 0 unspecified atom stereocenters. The van der Waals surface area contributed by atoms with E-state index in [1.807, 2.05) is 0 Å². The summed E-state index contributed by atoms with van der Waals surface area (Å²) in [5.41, 5.74) is 18.7. The molecule has 0 bridgehead atoms. The van der Waals surface area contributed by atoms with Gasteiger partial charge in [-0.25, -0.2) is 0 Å². The van der Waals surface area contributed by atoms with Crippen molar-refractivity contribution in [2.24, 2.45) is 0 Å². The van der Waals surface area contributed by atoms with Crippen LogP contribution in [0.2, 0.25) is 0 Å². The molecule has 0 radical (unpaired) electrons. The summed E-state index contributed by atoms with van der Waals surface area (Å²) in [4.78, 5) is 0. The van der Waals surface area contributed by atoms with Gasteiger partial charge in [0, 0.05) is 0 Å². The Bertz CT molecular complexity index is 2620. The fourth-order valence-electron chi connectivity index (χ4n) is 9.12. The Morgan fingerprint density at radius 3 is 1.23 bits per heavy atom. The Morgan fingerprint density at radius 2 is 0.667 bits per heavy atom. The van der Waals surface area contributed by atoms with Crippen molar-refractivity contribution in [1.82, 2.24) is 0 Å². The highest BCUT2D eigenvalue weighted by atomic mass is 14.3. The number of hydrogen-bond acceptors (Lipinski definition) is 0.